The van der Waals surface area contributed by atoms with Crippen LogP contribution in [0.4, 0.5) is 0 Å². The maximum absolute atomic E-state index is 12.3. The first kappa shape index (κ1) is 14.1. The van der Waals surface area contributed by atoms with E-state index in [1.807, 2.05) is 6.07 Å². The number of Topliss-reactive ketones (excluding diaryl/α,β-unsaturated/α-hetero) is 1. The Labute approximate surface area is 126 Å². The van der Waals surface area contributed by atoms with E-state index in [0.717, 1.165) is 0 Å². The summed E-state index contributed by atoms with van der Waals surface area (Å²) in [4.78, 5) is 12.3. The number of ketones is 1. The van der Waals surface area contributed by atoms with Crippen molar-refractivity contribution in [1.82, 2.24) is 0 Å². The fourth-order valence-corrected chi connectivity index (χ4v) is 3.03. The number of nitrogens with zero attached hydrogens (tertiary/aromatic N) is 1. The fraction of sp³-hybridized carbons (Fsp3) is 0.312. The van der Waals surface area contributed by atoms with Crippen molar-refractivity contribution in [3.63, 3.8) is 0 Å². The van der Waals surface area contributed by atoms with Crippen molar-refractivity contribution in [2.24, 2.45) is 5.92 Å². The van der Waals surface area contributed by atoms with Crippen molar-refractivity contribution in [2.45, 2.75) is 25.2 Å². The standard InChI is InChI=1S/C16H14N2O4/c17-7-9-14(8-4-5-10(19)12(21)6-8)15-11(20)2-1-3-13(15)22-16(9)18/h4-6,9,14,18-19,21H,1-3H2. The molecular weight excluding hydrogens is 284 g/mol. The van der Waals surface area contributed by atoms with Gasteiger partial charge in [0.25, 0.3) is 0 Å². The quantitative estimate of drug-likeness (QED) is 0.688. The summed E-state index contributed by atoms with van der Waals surface area (Å²) in [6.07, 6.45) is 1.60. The fourth-order valence-electron chi connectivity index (χ4n) is 3.03. The zero-order valence-electron chi connectivity index (χ0n) is 11.7. The van der Waals surface area contributed by atoms with Crippen LogP contribution in [-0.4, -0.2) is 21.9 Å². The number of phenols is 2. The molecule has 0 saturated heterocycles. The molecule has 3 N–H and O–H groups in total. The Morgan fingerprint density at radius 3 is 2.73 bits per heavy atom. The van der Waals surface area contributed by atoms with Crippen molar-refractivity contribution < 1.29 is 19.7 Å². The summed E-state index contributed by atoms with van der Waals surface area (Å²) in [5.74, 6) is -2.00. The second-order valence-corrected chi connectivity index (χ2v) is 5.41. The molecule has 2 atom stereocenters. The number of carbonyl (C=O) groups excluding carboxylic acids is 1. The van der Waals surface area contributed by atoms with Gasteiger partial charge in [-0.2, -0.15) is 5.26 Å². The maximum Gasteiger partial charge on any atom is 0.205 e. The number of hydrogen-bond acceptors (Lipinski definition) is 6. The van der Waals surface area contributed by atoms with Gasteiger partial charge in [0.15, 0.2) is 17.3 Å². The number of aromatic hydroxyl groups is 2. The number of rotatable bonds is 1. The van der Waals surface area contributed by atoms with E-state index in [1.54, 1.807) is 6.07 Å². The summed E-state index contributed by atoms with van der Waals surface area (Å²) in [5.41, 5.74) is 0.927. The zero-order valence-corrected chi connectivity index (χ0v) is 11.7. The molecule has 0 bridgehead atoms. The molecule has 0 fully saturated rings. The van der Waals surface area contributed by atoms with Gasteiger partial charge in [0, 0.05) is 24.3 Å². The molecule has 0 spiro atoms. The van der Waals surface area contributed by atoms with E-state index in [0.29, 0.717) is 36.2 Å². The molecule has 2 unspecified atom stereocenters. The first-order valence-electron chi connectivity index (χ1n) is 6.97. The third-order valence-electron chi connectivity index (χ3n) is 4.07. The molecule has 1 aromatic carbocycles. The van der Waals surface area contributed by atoms with Crippen LogP contribution in [0.1, 0.15) is 30.7 Å². The number of allylic oxidation sites excluding steroid dienone is 2. The summed E-state index contributed by atoms with van der Waals surface area (Å²) in [7, 11) is 0. The number of carbonyl (C=O) groups is 1. The van der Waals surface area contributed by atoms with Gasteiger partial charge in [0.1, 0.15) is 11.7 Å². The van der Waals surface area contributed by atoms with Gasteiger partial charge in [0.2, 0.25) is 5.90 Å². The minimum Gasteiger partial charge on any atom is -0.504 e. The summed E-state index contributed by atoms with van der Waals surface area (Å²) in [6, 6.07) is 6.20. The molecule has 0 amide bonds. The smallest absolute Gasteiger partial charge is 0.205 e. The molecule has 6 nitrogen and oxygen atoms in total. The van der Waals surface area contributed by atoms with E-state index in [2.05, 4.69) is 0 Å². The van der Waals surface area contributed by atoms with Crippen LogP contribution in [0.5, 0.6) is 11.5 Å². The van der Waals surface area contributed by atoms with E-state index in [1.165, 1.54) is 12.1 Å². The molecule has 22 heavy (non-hydrogen) atoms. The summed E-state index contributed by atoms with van der Waals surface area (Å²) in [6.45, 7) is 0. The molecule has 0 radical (unpaired) electrons. The number of nitriles is 1. The molecule has 0 saturated carbocycles. The van der Waals surface area contributed by atoms with Crippen LogP contribution in [-0.2, 0) is 9.53 Å². The molecule has 3 rings (SSSR count). The maximum atomic E-state index is 12.3. The van der Waals surface area contributed by atoms with Crippen molar-refractivity contribution in [3.8, 4) is 17.6 Å². The monoisotopic (exact) mass is 298 g/mol. The first-order chi connectivity index (χ1) is 10.5. The van der Waals surface area contributed by atoms with E-state index in [9.17, 15) is 20.3 Å². The summed E-state index contributed by atoms with van der Waals surface area (Å²) < 4.78 is 5.38. The predicted octanol–water partition coefficient (Wildman–Crippen LogP) is 2.34. The third kappa shape index (κ3) is 2.11. The van der Waals surface area contributed by atoms with Gasteiger partial charge in [-0.15, -0.1) is 0 Å². The highest BCUT2D eigenvalue weighted by Crippen LogP contribution is 2.44. The van der Waals surface area contributed by atoms with Crippen LogP contribution >= 0.6 is 0 Å². The van der Waals surface area contributed by atoms with Gasteiger partial charge in [-0.25, -0.2) is 0 Å². The van der Waals surface area contributed by atoms with Gasteiger partial charge >= 0.3 is 0 Å². The second-order valence-electron chi connectivity index (χ2n) is 5.41. The Kier molecular flexibility index (Phi) is 3.33. The van der Waals surface area contributed by atoms with Crippen LogP contribution in [0.15, 0.2) is 29.5 Å². The highest BCUT2D eigenvalue weighted by atomic mass is 16.5. The minimum atomic E-state index is -0.926. The Bertz CT molecular complexity index is 745. The molecule has 1 aliphatic carbocycles. The van der Waals surface area contributed by atoms with Crippen molar-refractivity contribution in [1.29, 1.82) is 10.7 Å². The topological polar surface area (TPSA) is 114 Å². The molecular formula is C16H14N2O4. The number of benzene rings is 1. The molecule has 0 aromatic heterocycles. The van der Waals surface area contributed by atoms with Crippen LogP contribution in [0.25, 0.3) is 0 Å². The van der Waals surface area contributed by atoms with Crippen molar-refractivity contribution in [2.75, 3.05) is 0 Å². The predicted molar refractivity (Wildman–Crippen MR) is 76.3 cm³/mol. The molecule has 112 valence electrons. The Morgan fingerprint density at radius 1 is 1.27 bits per heavy atom. The minimum absolute atomic E-state index is 0.0911. The SMILES string of the molecule is N#CC1C(=N)OC2=C(C(=O)CCC2)C1c1ccc(O)c(O)c1. The zero-order chi connectivity index (χ0) is 15.9. The average molecular weight is 298 g/mol. The van der Waals surface area contributed by atoms with Crippen LogP contribution in [0.3, 0.4) is 0 Å². The molecule has 2 aliphatic rings. The van der Waals surface area contributed by atoms with E-state index < -0.39 is 11.8 Å². The van der Waals surface area contributed by atoms with Crippen molar-refractivity contribution >= 4 is 11.7 Å². The van der Waals surface area contributed by atoms with E-state index in [4.69, 9.17) is 10.1 Å². The molecule has 6 heteroatoms. The Balaban J connectivity index is 2.18. The van der Waals surface area contributed by atoms with Gasteiger partial charge in [-0.1, -0.05) is 6.07 Å². The summed E-state index contributed by atoms with van der Waals surface area (Å²) >= 11 is 0. The second kappa shape index (κ2) is 5.19. The van der Waals surface area contributed by atoms with Crippen LogP contribution in [0, 0.1) is 22.7 Å². The Hall–Kier alpha value is -2.81. The number of ether oxygens (including phenoxy) is 1. The van der Waals surface area contributed by atoms with Gasteiger partial charge in [-0.3, -0.25) is 10.2 Å². The molecule has 1 aliphatic heterocycles. The summed E-state index contributed by atoms with van der Waals surface area (Å²) in [5, 5.41) is 36.4. The number of nitrogens with one attached hydrogen (secondary N) is 1. The van der Waals surface area contributed by atoms with Gasteiger partial charge in [-0.05, 0) is 24.1 Å². The normalized spacial score (nSPS) is 24.5. The van der Waals surface area contributed by atoms with Gasteiger partial charge in [0.05, 0.1) is 6.07 Å². The lowest BCUT2D eigenvalue weighted by Gasteiger charge is -2.34. The lowest BCUT2D eigenvalue weighted by molar-refractivity contribution is -0.116. The number of hydrogen-bond donors (Lipinski definition) is 3. The van der Waals surface area contributed by atoms with E-state index >= 15 is 0 Å². The highest BCUT2D eigenvalue weighted by molar-refractivity contribution is 6.01. The molecule has 1 aromatic rings. The lowest BCUT2D eigenvalue weighted by Crippen LogP contribution is -2.34. The lowest BCUT2D eigenvalue weighted by atomic mass is 9.74. The van der Waals surface area contributed by atoms with Crippen LogP contribution < -0.4 is 0 Å². The highest BCUT2D eigenvalue weighted by Gasteiger charge is 2.42. The number of phenolic OH excluding ortho intramolecular Hbond substituents is 2. The van der Waals surface area contributed by atoms with Gasteiger partial charge < -0.3 is 14.9 Å². The van der Waals surface area contributed by atoms with Crippen molar-refractivity contribution in [3.05, 3.63) is 35.1 Å². The Morgan fingerprint density at radius 2 is 2.05 bits per heavy atom. The third-order valence-corrected chi connectivity index (χ3v) is 4.07. The molecule has 1 heterocycles. The first-order valence-corrected chi connectivity index (χ1v) is 6.97. The van der Waals surface area contributed by atoms with Crippen LogP contribution in [0.2, 0.25) is 0 Å². The largest absolute Gasteiger partial charge is 0.504 e. The average Bonchev–Trinajstić information content (AvgIpc) is 2.49. The van der Waals surface area contributed by atoms with E-state index in [-0.39, 0.29) is 23.2 Å².